The predicted octanol–water partition coefficient (Wildman–Crippen LogP) is -3.46. The fourth-order valence-electron chi connectivity index (χ4n) is 3.16. The lowest BCUT2D eigenvalue weighted by Crippen LogP contribution is -2.61. The molecule has 0 aromatic rings. The van der Waals surface area contributed by atoms with Gasteiger partial charge in [0.15, 0.2) is 11.6 Å². The number of hydrogen-bond donors (Lipinski definition) is 8. The molecule has 2 rings (SSSR count). The van der Waals surface area contributed by atoms with Crippen LogP contribution >= 0.6 is 0 Å². The van der Waals surface area contributed by atoms with Crippen LogP contribution in [0.2, 0.25) is 0 Å². The van der Waals surface area contributed by atoms with Crippen LogP contribution in [0.25, 0.3) is 0 Å². The molecular formula is C15H28O10. The lowest BCUT2D eigenvalue weighted by Gasteiger charge is -2.42. The van der Waals surface area contributed by atoms with Gasteiger partial charge in [-0.15, -0.1) is 0 Å². The van der Waals surface area contributed by atoms with Gasteiger partial charge in [-0.25, -0.2) is 0 Å². The van der Waals surface area contributed by atoms with E-state index in [2.05, 4.69) is 0 Å². The molecule has 0 amide bonds. The lowest BCUT2D eigenvalue weighted by molar-refractivity contribution is -0.325. The monoisotopic (exact) mass is 368 g/mol. The fraction of sp³-hybridized carbons (Fsp3) is 1.00. The average molecular weight is 368 g/mol. The first-order chi connectivity index (χ1) is 11.6. The van der Waals surface area contributed by atoms with Crippen LogP contribution < -0.4 is 0 Å². The van der Waals surface area contributed by atoms with Gasteiger partial charge in [0.05, 0.1) is 13.2 Å². The van der Waals surface area contributed by atoms with Crippen molar-refractivity contribution in [3.05, 3.63) is 0 Å². The summed E-state index contributed by atoms with van der Waals surface area (Å²) < 4.78 is 10.1. The lowest BCUT2D eigenvalue weighted by atomic mass is 9.90. The Morgan fingerprint density at radius 1 is 0.640 bits per heavy atom. The average Bonchev–Trinajstić information content (AvgIpc) is 2.59. The van der Waals surface area contributed by atoms with E-state index in [1.54, 1.807) is 0 Å². The Morgan fingerprint density at radius 2 is 1.00 bits per heavy atom. The van der Waals surface area contributed by atoms with Crippen molar-refractivity contribution in [3.8, 4) is 0 Å². The van der Waals surface area contributed by atoms with E-state index in [4.69, 9.17) is 9.47 Å². The third-order valence-corrected chi connectivity index (χ3v) is 4.94. The van der Waals surface area contributed by atoms with Crippen LogP contribution in [-0.2, 0) is 9.47 Å². The summed E-state index contributed by atoms with van der Waals surface area (Å²) in [5.41, 5.74) is 0. The number of rotatable bonds is 6. The number of unbranched alkanes of at least 4 members (excludes halogenated alkanes) is 2. The summed E-state index contributed by atoms with van der Waals surface area (Å²) in [6.07, 6.45) is -7.61. The zero-order chi connectivity index (χ0) is 18.8. The smallest absolute Gasteiger partial charge is 0.194 e. The predicted molar refractivity (Wildman–Crippen MR) is 80.9 cm³/mol. The molecule has 2 fully saturated rings. The summed E-state index contributed by atoms with van der Waals surface area (Å²) in [5, 5.41) is 78.0. The zero-order valence-electron chi connectivity index (χ0n) is 13.8. The van der Waals surface area contributed by atoms with Gasteiger partial charge in [-0.1, -0.05) is 6.42 Å². The molecule has 148 valence electrons. The van der Waals surface area contributed by atoms with Crippen LogP contribution in [0.1, 0.15) is 32.1 Å². The Morgan fingerprint density at radius 3 is 1.36 bits per heavy atom. The van der Waals surface area contributed by atoms with E-state index < -0.39 is 48.2 Å². The van der Waals surface area contributed by atoms with Gasteiger partial charge < -0.3 is 50.3 Å². The van der Waals surface area contributed by atoms with E-state index in [-0.39, 0.29) is 26.1 Å². The summed E-state index contributed by atoms with van der Waals surface area (Å²) in [6.45, 7) is -0.594. The summed E-state index contributed by atoms with van der Waals surface area (Å²) >= 11 is 0. The number of aliphatic hydroxyl groups is 8. The highest BCUT2D eigenvalue weighted by atomic mass is 16.7. The van der Waals surface area contributed by atoms with E-state index >= 15 is 0 Å². The van der Waals surface area contributed by atoms with Crippen molar-refractivity contribution in [1.82, 2.24) is 0 Å². The first kappa shape index (κ1) is 20.9. The minimum absolute atomic E-state index is 0.00112. The molecule has 10 nitrogen and oxygen atoms in total. The van der Waals surface area contributed by atoms with Crippen LogP contribution in [0.15, 0.2) is 0 Å². The Balaban J connectivity index is 1.74. The highest BCUT2D eigenvalue weighted by molar-refractivity contribution is 4.92. The molecule has 0 aliphatic carbocycles. The Bertz CT molecular complexity index is 399. The van der Waals surface area contributed by atoms with E-state index in [0.29, 0.717) is 19.3 Å². The zero-order valence-corrected chi connectivity index (χ0v) is 13.8. The molecule has 0 saturated carbocycles. The van der Waals surface area contributed by atoms with Crippen molar-refractivity contribution in [3.63, 3.8) is 0 Å². The maximum absolute atomic E-state index is 10.2. The molecular weight excluding hydrogens is 340 g/mol. The fourth-order valence-corrected chi connectivity index (χ4v) is 3.16. The van der Waals surface area contributed by atoms with Gasteiger partial charge in [-0.05, 0) is 12.8 Å². The van der Waals surface area contributed by atoms with Gasteiger partial charge in [-0.2, -0.15) is 0 Å². The van der Waals surface area contributed by atoms with Crippen molar-refractivity contribution in [1.29, 1.82) is 0 Å². The topological polar surface area (TPSA) is 180 Å². The quantitative estimate of drug-likeness (QED) is 0.220. The molecule has 2 saturated heterocycles. The number of hydrogen-bond acceptors (Lipinski definition) is 10. The normalized spacial score (nSPS) is 48.5. The van der Waals surface area contributed by atoms with Crippen LogP contribution in [0, 0.1) is 0 Å². The molecule has 8 atom stereocenters. The number of ether oxygens (including phenoxy) is 2. The van der Waals surface area contributed by atoms with Crippen molar-refractivity contribution < 1.29 is 50.3 Å². The molecule has 10 heteroatoms. The van der Waals surface area contributed by atoms with Crippen LogP contribution in [-0.4, -0.2) is 102 Å². The third kappa shape index (κ3) is 4.48. The van der Waals surface area contributed by atoms with Crippen LogP contribution in [0.3, 0.4) is 0 Å². The molecule has 2 unspecified atom stereocenters. The third-order valence-electron chi connectivity index (χ3n) is 4.94. The molecule has 0 spiro atoms. The molecule has 0 bridgehead atoms. The van der Waals surface area contributed by atoms with Crippen LogP contribution in [0.4, 0.5) is 0 Å². The van der Waals surface area contributed by atoms with Crippen molar-refractivity contribution in [2.45, 2.75) is 80.3 Å². The highest BCUT2D eigenvalue weighted by Gasteiger charge is 2.49. The SMILES string of the molecule is O[C@H]1[C@H](O)COC(O)(CCCCCC2(O)OC[C@@H](O)[C@H](O)[C@H]2O)[C@@H]1O. The standard InChI is InChI=1S/C15H28O10/c16-8-6-24-14(22,12(20)10(8)18)4-2-1-3-5-15(23)13(21)11(19)9(17)7-25-15/h8-13,16-23H,1-7H2/t8-,9-,10+,11+,12-,13-,14?,15?/m1/s1. The molecule has 0 aromatic heterocycles. The minimum atomic E-state index is -1.96. The maximum atomic E-state index is 10.2. The van der Waals surface area contributed by atoms with Crippen molar-refractivity contribution in [2.24, 2.45) is 0 Å². The Hall–Kier alpha value is -0.400. The van der Waals surface area contributed by atoms with Gasteiger partial charge in [0.1, 0.15) is 36.6 Å². The van der Waals surface area contributed by atoms with Gasteiger partial charge >= 0.3 is 0 Å². The summed E-state index contributed by atoms with van der Waals surface area (Å²) in [6, 6.07) is 0. The first-order valence-electron chi connectivity index (χ1n) is 8.42. The van der Waals surface area contributed by atoms with Crippen molar-refractivity contribution in [2.75, 3.05) is 13.2 Å². The molecule has 25 heavy (non-hydrogen) atoms. The summed E-state index contributed by atoms with van der Waals surface area (Å²) in [7, 11) is 0. The molecule has 2 aliphatic heterocycles. The van der Waals surface area contributed by atoms with Gasteiger partial charge in [0, 0.05) is 12.8 Å². The summed E-state index contributed by atoms with van der Waals surface area (Å²) in [5.74, 6) is -3.92. The summed E-state index contributed by atoms with van der Waals surface area (Å²) in [4.78, 5) is 0. The van der Waals surface area contributed by atoms with Crippen molar-refractivity contribution >= 4 is 0 Å². The van der Waals surface area contributed by atoms with Crippen LogP contribution in [0.5, 0.6) is 0 Å². The molecule has 2 aliphatic rings. The van der Waals surface area contributed by atoms with E-state index in [1.165, 1.54) is 0 Å². The first-order valence-corrected chi connectivity index (χ1v) is 8.42. The highest BCUT2D eigenvalue weighted by Crippen LogP contribution is 2.31. The van der Waals surface area contributed by atoms with E-state index in [0.717, 1.165) is 0 Å². The minimum Gasteiger partial charge on any atom is -0.388 e. The largest absolute Gasteiger partial charge is 0.388 e. The second-order valence-corrected chi connectivity index (χ2v) is 6.88. The van der Waals surface area contributed by atoms with Gasteiger partial charge in [0.25, 0.3) is 0 Å². The Labute approximate surface area is 144 Å². The maximum Gasteiger partial charge on any atom is 0.194 e. The van der Waals surface area contributed by atoms with Gasteiger partial charge in [0.2, 0.25) is 0 Å². The second-order valence-electron chi connectivity index (χ2n) is 6.88. The molecule has 0 radical (unpaired) electrons. The second kappa shape index (κ2) is 8.09. The molecule has 2 heterocycles. The molecule has 0 aromatic carbocycles. The van der Waals surface area contributed by atoms with E-state index in [1.807, 2.05) is 0 Å². The van der Waals surface area contributed by atoms with Gasteiger partial charge in [-0.3, -0.25) is 0 Å². The molecule has 8 N–H and O–H groups in total. The number of aliphatic hydroxyl groups excluding tert-OH is 6. The van der Waals surface area contributed by atoms with E-state index in [9.17, 15) is 40.9 Å². The Kier molecular flexibility index (Phi) is 6.77.